The SMILES string of the molecule is CCN(C)C(=O)CN1C(=O)C(=O)c2cc(Cl)ccc21. The first kappa shape index (κ1) is 13.5. The zero-order chi connectivity index (χ0) is 14.2. The van der Waals surface area contributed by atoms with Crippen molar-refractivity contribution < 1.29 is 14.4 Å². The van der Waals surface area contributed by atoms with Gasteiger partial charge in [-0.3, -0.25) is 19.3 Å². The Bertz CT molecular complexity index is 571. The van der Waals surface area contributed by atoms with Crippen molar-refractivity contribution in [2.45, 2.75) is 6.92 Å². The Morgan fingerprint density at radius 2 is 2.05 bits per heavy atom. The van der Waals surface area contributed by atoms with Gasteiger partial charge in [0.05, 0.1) is 11.3 Å². The van der Waals surface area contributed by atoms with Gasteiger partial charge in [0.15, 0.2) is 0 Å². The first-order chi connectivity index (χ1) is 8.95. The van der Waals surface area contributed by atoms with Crippen molar-refractivity contribution in [2.75, 3.05) is 25.0 Å². The Morgan fingerprint density at radius 3 is 2.68 bits per heavy atom. The number of hydrogen-bond acceptors (Lipinski definition) is 3. The number of carbonyl (C=O) groups excluding carboxylic acids is 3. The van der Waals surface area contributed by atoms with Crippen molar-refractivity contribution in [3.8, 4) is 0 Å². The molecule has 0 bridgehead atoms. The Hall–Kier alpha value is -1.88. The monoisotopic (exact) mass is 280 g/mol. The molecule has 0 radical (unpaired) electrons. The maximum Gasteiger partial charge on any atom is 0.299 e. The van der Waals surface area contributed by atoms with Gasteiger partial charge in [-0.1, -0.05) is 11.6 Å². The molecular formula is C13H13ClN2O3. The van der Waals surface area contributed by atoms with Crippen LogP contribution in [0, 0.1) is 0 Å². The molecule has 1 aliphatic rings. The minimum atomic E-state index is -0.685. The maximum atomic E-state index is 11.9. The highest BCUT2D eigenvalue weighted by Gasteiger charge is 2.37. The molecule has 0 aliphatic carbocycles. The minimum Gasteiger partial charge on any atom is -0.344 e. The van der Waals surface area contributed by atoms with Crippen LogP contribution in [0.2, 0.25) is 5.02 Å². The number of anilines is 1. The highest BCUT2D eigenvalue weighted by molar-refractivity contribution is 6.53. The number of nitrogens with zero attached hydrogens (tertiary/aromatic N) is 2. The molecule has 0 atom stereocenters. The van der Waals surface area contributed by atoms with E-state index in [0.717, 1.165) is 0 Å². The van der Waals surface area contributed by atoms with E-state index in [1.165, 1.54) is 15.9 Å². The molecule has 1 heterocycles. The van der Waals surface area contributed by atoms with Crippen LogP contribution in [0.3, 0.4) is 0 Å². The minimum absolute atomic E-state index is 0.135. The summed E-state index contributed by atoms with van der Waals surface area (Å²) in [5.74, 6) is -1.52. The first-order valence-electron chi connectivity index (χ1n) is 5.85. The topological polar surface area (TPSA) is 57.7 Å². The number of ketones is 1. The highest BCUT2D eigenvalue weighted by Crippen LogP contribution is 2.30. The van der Waals surface area contributed by atoms with Crippen LogP contribution in [0.25, 0.3) is 0 Å². The van der Waals surface area contributed by atoms with Crippen LogP contribution in [0.15, 0.2) is 18.2 Å². The lowest BCUT2D eigenvalue weighted by molar-refractivity contribution is -0.129. The molecule has 6 heteroatoms. The molecule has 0 saturated carbocycles. The number of carbonyl (C=O) groups is 3. The van der Waals surface area contributed by atoms with Crippen molar-refractivity contribution >= 4 is 34.9 Å². The van der Waals surface area contributed by atoms with Gasteiger partial charge in [-0.2, -0.15) is 0 Å². The normalized spacial score (nSPS) is 13.7. The Kier molecular flexibility index (Phi) is 3.57. The van der Waals surface area contributed by atoms with Crippen LogP contribution in [0.1, 0.15) is 17.3 Å². The second-order valence-corrected chi connectivity index (χ2v) is 4.73. The third-order valence-corrected chi connectivity index (χ3v) is 3.36. The summed E-state index contributed by atoms with van der Waals surface area (Å²) in [6.45, 7) is 2.24. The summed E-state index contributed by atoms with van der Waals surface area (Å²) in [5, 5.41) is 0.388. The van der Waals surface area contributed by atoms with E-state index in [1.54, 1.807) is 19.2 Å². The lowest BCUT2D eigenvalue weighted by Crippen LogP contribution is -2.40. The predicted molar refractivity (Wildman–Crippen MR) is 71.4 cm³/mol. The van der Waals surface area contributed by atoms with Crippen LogP contribution >= 0.6 is 11.6 Å². The van der Waals surface area contributed by atoms with Gasteiger partial charge in [-0.15, -0.1) is 0 Å². The van der Waals surface area contributed by atoms with E-state index in [4.69, 9.17) is 11.6 Å². The Morgan fingerprint density at radius 1 is 1.37 bits per heavy atom. The molecule has 0 fully saturated rings. The van der Waals surface area contributed by atoms with Gasteiger partial charge >= 0.3 is 0 Å². The maximum absolute atomic E-state index is 11.9. The summed E-state index contributed by atoms with van der Waals surface area (Å²) in [6, 6.07) is 4.62. The average Bonchev–Trinajstić information content (AvgIpc) is 2.62. The smallest absolute Gasteiger partial charge is 0.299 e. The Balaban J connectivity index is 2.31. The molecule has 5 nitrogen and oxygen atoms in total. The van der Waals surface area contributed by atoms with E-state index < -0.39 is 11.7 Å². The van der Waals surface area contributed by atoms with Crippen LogP contribution in [-0.4, -0.2) is 42.6 Å². The predicted octanol–water partition coefficient (Wildman–Crippen LogP) is 1.35. The van der Waals surface area contributed by atoms with E-state index in [1.807, 2.05) is 6.92 Å². The number of Topliss-reactive ketones (excluding diaryl/α,β-unsaturated/α-hetero) is 1. The molecule has 1 aromatic carbocycles. The first-order valence-corrected chi connectivity index (χ1v) is 6.23. The number of rotatable bonds is 3. The van der Waals surface area contributed by atoms with Crippen molar-refractivity contribution in [3.05, 3.63) is 28.8 Å². The number of amides is 2. The van der Waals surface area contributed by atoms with Crippen LogP contribution in [-0.2, 0) is 9.59 Å². The molecule has 0 aromatic heterocycles. The zero-order valence-corrected chi connectivity index (χ0v) is 11.4. The van der Waals surface area contributed by atoms with E-state index >= 15 is 0 Å². The summed E-state index contributed by atoms with van der Waals surface area (Å²) >= 11 is 5.81. The van der Waals surface area contributed by atoms with Gasteiger partial charge in [-0.25, -0.2) is 0 Å². The second-order valence-electron chi connectivity index (χ2n) is 4.29. The number of benzene rings is 1. The lowest BCUT2D eigenvalue weighted by Gasteiger charge is -2.20. The third kappa shape index (κ3) is 2.33. The third-order valence-electron chi connectivity index (χ3n) is 3.13. The molecule has 0 spiro atoms. The van der Waals surface area contributed by atoms with Gasteiger partial charge in [0.1, 0.15) is 6.54 Å². The fourth-order valence-corrected chi connectivity index (χ4v) is 2.03. The summed E-state index contributed by atoms with van der Waals surface area (Å²) in [6.07, 6.45) is 0. The standard InChI is InChI=1S/C13H13ClN2O3/c1-3-15(2)11(17)7-16-10-5-4-8(14)6-9(10)12(18)13(16)19/h4-6H,3,7H2,1-2H3. The fourth-order valence-electron chi connectivity index (χ4n) is 1.86. The van der Waals surface area contributed by atoms with Crippen molar-refractivity contribution in [3.63, 3.8) is 0 Å². The number of hydrogen-bond donors (Lipinski definition) is 0. The van der Waals surface area contributed by atoms with E-state index in [0.29, 0.717) is 17.3 Å². The van der Waals surface area contributed by atoms with Crippen LogP contribution < -0.4 is 4.90 Å². The number of halogens is 1. The van der Waals surface area contributed by atoms with E-state index in [2.05, 4.69) is 0 Å². The zero-order valence-electron chi connectivity index (χ0n) is 10.6. The molecule has 100 valence electrons. The molecule has 2 amide bonds. The number of likely N-dealkylation sites (N-methyl/N-ethyl adjacent to an activating group) is 1. The lowest BCUT2D eigenvalue weighted by atomic mass is 10.1. The molecule has 1 aliphatic heterocycles. The fraction of sp³-hybridized carbons (Fsp3) is 0.308. The Labute approximate surface area is 115 Å². The highest BCUT2D eigenvalue weighted by atomic mass is 35.5. The van der Waals surface area contributed by atoms with Crippen molar-refractivity contribution in [2.24, 2.45) is 0 Å². The number of fused-ring (bicyclic) bond motifs is 1. The molecule has 0 saturated heterocycles. The summed E-state index contributed by atoms with van der Waals surface area (Å²) in [5.41, 5.74) is 0.696. The molecule has 19 heavy (non-hydrogen) atoms. The summed E-state index contributed by atoms with van der Waals surface area (Å²) in [4.78, 5) is 38.2. The van der Waals surface area contributed by atoms with E-state index in [9.17, 15) is 14.4 Å². The second kappa shape index (κ2) is 5.01. The van der Waals surface area contributed by atoms with Gasteiger partial charge in [-0.05, 0) is 25.1 Å². The largest absolute Gasteiger partial charge is 0.344 e. The van der Waals surface area contributed by atoms with Crippen LogP contribution in [0.5, 0.6) is 0 Å². The van der Waals surface area contributed by atoms with Crippen molar-refractivity contribution in [1.82, 2.24) is 4.90 Å². The summed E-state index contributed by atoms with van der Waals surface area (Å²) < 4.78 is 0. The molecule has 2 rings (SSSR count). The van der Waals surface area contributed by atoms with E-state index in [-0.39, 0.29) is 18.0 Å². The van der Waals surface area contributed by atoms with Gasteiger partial charge in [0.25, 0.3) is 11.7 Å². The molecule has 0 N–H and O–H groups in total. The quantitative estimate of drug-likeness (QED) is 0.785. The van der Waals surface area contributed by atoms with Gasteiger partial charge in [0.2, 0.25) is 5.91 Å². The average molecular weight is 281 g/mol. The van der Waals surface area contributed by atoms with Crippen molar-refractivity contribution in [1.29, 1.82) is 0 Å². The van der Waals surface area contributed by atoms with Gasteiger partial charge in [0, 0.05) is 18.6 Å². The summed E-state index contributed by atoms with van der Waals surface area (Å²) in [7, 11) is 1.65. The van der Waals surface area contributed by atoms with Gasteiger partial charge < -0.3 is 4.90 Å². The molecular weight excluding hydrogens is 268 g/mol. The van der Waals surface area contributed by atoms with Crippen LogP contribution in [0.4, 0.5) is 5.69 Å². The molecule has 1 aromatic rings. The molecule has 0 unspecified atom stereocenters.